The minimum absolute atomic E-state index is 0.101. The van der Waals surface area contributed by atoms with Gasteiger partial charge in [-0.25, -0.2) is 0 Å². The zero-order chi connectivity index (χ0) is 45.8. The van der Waals surface area contributed by atoms with E-state index in [2.05, 4.69) is 69.4 Å². The van der Waals surface area contributed by atoms with Crippen LogP contribution in [0, 0.1) is 0 Å². The lowest BCUT2D eigenvalue weighted by Crippen LogP contribution is -2.30. The van der Waals surface area contributed by atoms with Crippen molar-refractivity contribution >= 4 is 17.9 Å². The number of hydrogen-bond donors (Lipinski definition) is 0. The molecule has 0 bridgehead atoms. The van der Waals surface area contributed by atoms with Crippen molar-refractivity contribution in [3.8, 4) is 0 Å². The summed E-state index contributed by atoms with van der Waals surface area (Å²) in [4.78, 5) is 37.7. The van der Waals surface area contributed by atoms with E-state index in [0.717, 1.165) is 70.6 Å². The largest absolute Gasteiger partial charge is 0.462 e. The summed E-state index contributed by atoms with van der Waals surface area (Å²) in [6.07, 6.45) is 64.1. The van der Waals surface area contributed by atoms with Crippen molar-refractivity contribution in [1.82, 2.24) is 0 Å². The number of rotatable bonds is 48. The highest BCUT2D eigenvalue weighted by atomic mass is 16.6. The summed E-state index contributed by atoms with van der Waals surface area (Å²) in [5.74, 6) is -1.04. The molecular formula is C57H100O6. The molecule has 0 aromatic rings. The van der Waals surface area contributed by atoms with Crippen LogP contribution in [0.4, 0.5) is 0 Å². The van der Waals surface area contributed by atoms with Gasteiger partial charge < -0.3 is 14.2 Å². The lowest BCUT2D eigenvalue weighted by molar-refractivity contribution is -0.166. The molecular weight excluding hydrogens is 781 g/mol. The van der Waals surface area contributed by atoms with Crippen molar-refractivity contribution in [1.29, 1.82) is 0 Å². The van der Waals surface area contributed by atoms with Gasteiger partial charge in [-0.1, -0.05) is 261 Å². The van der Waals surface area contributed by atoms with Crippen molar-refractivity contribution in [3.63, 3.8) is 0 Å². The van der Waals surface area contributed by atoms with Crippen molar-refractivity contribution in [3.05, 3.63) is 60.8 Å². The molecule has 0 saturated carbocycles. The van der Waals surface area contributed by atoms with Crippen LogP contribution in [0.5, 0.6) is 0 Å². The zero-order valence-corrected chi connectivity index (χ0v) is 41.6. The molecule has 1 unspecified atom stereocenters. The zero-order valence-electron chi connectivity index (χ0n) is 41.6. The maximum atomic E-state index is 12.7. The van der Waals surface area contributed by atoms with Gasteiger partial charge in [-0.15, -0.1) is 0 Å². The number of carbonyl (C=O) groups is 3. The molecule has 6 nitrogen and oxygen atoms in total. The number of hydrogen-bond acceptors (Lipinski definition) is 6. The number of ether oxygens (including phenoxy) is 3. The van der Waals surface area contributed by atoms with E-state index in [-0.39, 0.29) is 31.6 Å². The molecule has 63 heavy (non-hydrogen) atoms. The fourth-order valence-corrected chi connectivity index (χ4v) is 7.58. The van der Waals surface area contributed by atoms with Crippen molar-refractivity contribution < 1.29 is 28.6 Å². The van der Waals surface area contributed by atoms with Gasteiger partial charge >= 0.3 is 17.9 Å². The Morgan fingerprint density at radius 3 is 0.905 bits per heavy atom. The summed E-state index contributed by atoms with van der Waals surface area (Å²) in [5, 5.41) is 0. The molecule has 0 aliphatic carbocycles. The molecule has 0 aromatic heterocycles. The van der Waals surface area contributed by atoms with Gasteiger partial charge in [-0.3, -0.25) is 14.4 Å². The molecule has 0 aliphatic heterocycles. The predicted molar refractivity (Wildman–Crippen MR) is 270 cm³/mol. The summed E-state index contributed by atoms with van der Waals surface area (Å²) < 4.78 is 16.6. The normalized spacial score (nSPS) is 12.5. The Morgan fingerprint density at radius 1 is 0.333 bits per heavy atom. The first kappa shape index (κ1) is 60.1. The molecule has 364 valence electrons. The molecule has 1 atom stereocenters. The van der Waals surface area contributed by atoms with Crippen LogP contribution in [-0.2, 0) is 28.6 Å². The molecule has 0 amide bonds. The Labute approximate surface area is 390 Å². The van der Waals surface area contributed by atoms with Crippen molar-refractivity contribution in [2.45, 2.75) is 271 Å². The van der Waals surface area contributed by atoms with Gasteiger partial charge in [-0.05, 0) is 44.9 Å². The van der Waals surface area contributed by atoms with Crippen molar-refractivity contribution in [2.24, 2.45) is 0 Å². The number of unbranched alkanes of at least 4 members (excludes halogenated alkanes) is 28. The highest BCUT2D eigenvalue weighted by molar-refractivity contribution is 5.72. The van der Waals surface area contributed by atoms with Gasteiger partial charge in [0.25, 0.3) is 0 Å². The van der Waals surface area contributed by atoms with Crippen molar-refractivity contribution in [2.75, 3.05) is 13.2 Å². The van der Waals surface area contributed by atoms with E-state index >= 15 is 0 Å². The first-order valence-corrected chi connectivity index (χ1v) is 26.8. The third-order valence-corrected chi connectivity index (χ3v) is 11.6. The first-order chi connectivity index (χ1) is 31.0. The molecule has 0 N–H and O–H groups in total. The maximum absolute atomic E-state index is 12.7. The fourth-order valence-electron chi connectivity index (χ4n) is 7.58. The second kappa shape index (κ2) is 51.7. The predicted octanol–water partition coefficient (Wildman–Crippen LogP) is 17.6. The summed E-state index contributed by atoms with van der Waals surface area (Å²) in [6.45, 7) is 6.41. The van der Waals surface area contributed by atoms with Crippen LogP contribution in [0.3, 0.4) is 0 Å². The molecule has 0 heterocycles. The molecule has 0 radical (unpaired) electrons. The summed E-state index contributed by atoms with van der Waals surface area (Å²) in [5.41, 5.74) is 0. The second-order valence-corrected chi connectivity index (χ2v) is 17.8. The van der Waals surface area contributed by atoms with Gasteiger partial charge in [0.05, 0.1) is 6.42 Å². The summed E-state index contributed by atoms with van der Waals surface area (Å²) >= 11 is 0. The topological polar surface area (TPSA) is 78.9 Å². The number of carbonyl (C=O) groups excluding carboxylic acids is 3. The van der Waals surface area contributed by atoms with E-state index in [1.807, 2.05) is 6.08 Å². The monoisotopic (exact) mass is 881 g/mol. The summed E-state index contributed by atoms with van der Waals surface area (Å²) in [6, 6.07) is 0. The molecule has 0 aromatic carbocycles. The van der Waals surface area contributed by atoms with E-state index in [0.29, 0.717) is 12.8 Å². The van der Waals surface area contributed by atoms with E-state index in [1.165, 1.54) is 154 Å². The third kappa shape index (κ3) is 50.0. The minimum atomic E-state index is -0.823. The number of allylic oxidation sites excluding steroid dienone is 9. The lowest BCUT2D eigenvalue weighted by atomic mass is 10.0. The highest BCUT2D eigenvalue weighted by Crippen LogP contribution is 2.16. The molecule has 0 spiro atoms. The van der Waals surface area contributed by atoms with E-state index < -0.39 is 12.1 Å². The Hall–Kier alpha value is -2.89. The van der Waals surface area contributed by atoms with Gasteiger partial charge in [-0.2, -0.15) is 0 Å². The van der Waals surface area contributed by atoms with Crippen LogP contribution in [0.1, 0.15) is 265 Å². The smallest absolute Gasteiger partial charge is 0.310 e. The second-order valence-electron chi connectivity index (χ2n) is 17.8. The Morgan fingerprint density at radius 2 is 0.603 bits per heavy atom. The van der Waals surface area contributed by atoms with Crippen LogP contribution >= 0.6 is 0 Å². The molecule has 0 saturated heterocycles. The van der Waals surface area contributed by atoms with Gasteiger partial charge in [0.15, 0.2) is 6.10 Å². The van der Waals surface area contributed by atoms with E-state index in [1.54, 1.807) is 6.08 Å². The van der Waals surface area contributed by atoms with Crippen LogP contribution in [0.25, 0.3) is 0 Å². The Bertz CT molecular complexity index is 1150. The van der Waals surface area contributed by atoms with E-state index in [9.17, 15) is 14.4 Å². The fraction of sp³-hybridized carbons (Fsp3) is 0.772. The average Bonchev–Trinajstić information content (AvgIpc) is 3.28. The molecule has 0 fully saturated rings. The average molecular weight is 881 g/mol. The summed E-state index contributed by atoms with van der Waals surface area (Å²) in [7, 11) is 0. The standard InChI is InChI=1S/C57H100O6/c1-4-7-10-13-16-18-20-22-24-25-26-27-28-29-30-31-33-34-36-38-41-44-47-50-56(59)62-53-54(52-61-55(58)49-46-43-40-15-12-9-6-3)63-57(60)51-48-45-42-39-37-35-32-23-21-19-17-14-11-8-5-2/h8,11,17,19,23,32,37,39,45,48,54H,4-7,9-10,12-16,18,20-22,24-31,33-36,38,40-44,46-47,49-53H2,1-3H3/b11-8-,19-17-,32-23-,39-37-,48-45-. The van der Waals surface area contributed by atoms with Crippen LogP contribution < -0.4 is 0 Å². The van der Waals surface area contributed by atoms with Gasteiger partial charge in [0, 0.05) is 12.8 Å². The molecule has 0 aliphatic rings. The maximum Gasteiger partial charge on any atom is 0.310 e. The van der Waals surface area contributed by atoms with E-state index in [4.69, 9.17) is 14.2 Å². The SMILES string of the molecule is CC/C=C\C/C=C\C/C=C\C/C=C\C/C=C\CC(=O)OC(COC(=O)CCCCCCCCC)COC(=O)CCCCCCCCCCCCCCCCCCCCCCCCC. The van der Waals surface area contributed by atoms with Crippen LogP contribution in [-0.4, -0.2) is 37.2 Å². The quantitative estimate of drug-likeness (QED) is 0.0262. The third-order valence-electron chi connectivity index (χ3n) is 11.6. The Balaban J connectivity index is 4.23. The first-order valence-electron chi connectivity index (χ1n) is 26.8. The molecule has 6 heteroatoms. The van der Waals surface area contributed by atoms with Gasteiger partial charge in [0.2, 0.25) is 0 Å². The Kier molecular flexibility index (Phi) is 49.4. The minimum Gasteiger partial charge on any atom is -0.462 e. The number of esters is 3. The lowest BCUT2D eigenvalue weighted by Gasteiger charge is -2.18. The van der Waals surface area contributed by atoms with Gasteiger partial charge in [0.1, 0.15) is 13.2 Å². The van der Waals surface area contributed by atoms with Crippen LogP contribution in [0.2, 0.25) is 0 Å². The molecule has 0 rings (SSSR count). The van der Waals surface area contributed by atoms with Crippen LogP contribution in [0.15, 0.2) is 60.8 Å². The highest BCUT2D eigenvalue weighted by Gasteiger charge is 2.19.